The molecule has 4 rings (SSSR count). The Balaban J connectivity index is 1.51. The van der Waals surface area contributed by atoms with E-state index in [9.17, 15) is 18.0 Å². The highest BCUT2D eigenvalue weighted by atomic mass is 35.5. The molecule has 31 heavy (non-hydrogen) atoms. The number of fused-ring (bicyclic) bond motifs is 1. The number of thiophene rings is 1. The summed E-state index contributed by atoms with van der Waals surface area (Å²) in [5.41, 5.74) is 1.45. The fourth-order valence-corrected chi connectivity index (χ4v) is 4.91. The van der Waals surface area contributed by atoms with Crippen LogP contribution in [0, 0.1) is 0 Å². The fourth-order valence-electron chi connectivity index (χ4n) is 3.69. The SMILES string of the molecule is O=C(OCC(c1ccccc1Cl)N1CCc2ccsc2C1)c1ccc(C(F)(F)F)cc1. The summed E-state index contributed by atoms with van der Waals surface area (Å²) < 4.78 is 43.8. The molecular weight excluding hydrogens is 447 g/mol. The molecule has 0 amide bonds. The Hall–Kier alpha value is -2.35. The summed E-state index contributed by atoms with van der Waals surface area (Å²) in [7, 11) is 0. The van der Waals surface area contributed by atoms with Gasteiger partial charge in [-0.15, -0.1) is 11.3 Å². The Bertz CT molecular complexity index is 1070. The van der Waals surface area contributed by atoms with Crippen LogP contribution in [0.15, 0.2) is 60.0 Å². The summed E-state index contributed by atoms with van der Waals surface area (Å²) in [5.74, 6) is -0.667. The highest BCUT2D eigenvalue weighted by Gasteiger charge is 2.31. The van der Waals surface area contributed by atoms with Crippen molar-refractivity contribution in [1.29, 1.82) is 0 Å². The van der Waals surface area contributed by atoms with E-state index in [-0.39, 0.29) is 18.2 Å². The van der Waals surface area contributed by atoms with E-state index in [4.69, 9.17) is 16.3 Å². The number of rotatable bonds is 5. The van der Waals surface area contributed by atoms with Crippen LogP contribution in [0.25, 0.3) is 0 Å². The molecule has 0 bridgehead atoms. The molecule has 1 aromatic heterocycles. The minimum Gasteiger partial charge on any atom is -0.460 e. The normalized spacial score (nSPS) is 15.4. The average Bonchev–Trinajstić information content (AvgIpc) is 3.22. The van der Waals surface area contributed by atoms with Crippen molar-refractivity contribution in [2.24, 2.45) is 0 Å². The molecule has 0 spiro atoms. The second-order valence-corrected chi connectivity index (χ2v) is 8.71. The summed E-state index contributed by atoms with van der Waals surface area (Å²) in [6, 6.07) is 13.3. The smallest absolute Gasteiger partial charge is 0.416 e. The number of hydrogen-bond acceptors (Lipinski definition) is 4. The number of alkyl halides is 3. The van der Waals surface area contributed by atoms with Gasteiger partial charge >= 0.3 is 12.1 Å². The number of esters is 1. The molecule has 1 aliphatic heterocycles. The molecule has 1 unspecified atom stereocenters. The third-order valence-corrected chi connectivity index (χ3v) is 6.67. The maximum Gasteiger partial charge on any atom is 0.416 e. The zero-order chi connectivity index (χ0) is 22.0. The highest BCUT2D eigenvalue weighted by Crippen LogP contribution is 2.34. The van der Waals surface area contributed by atoms with Gasteiger partial charge in [-0.3, -0.25) is 4.90 Å². The minimum atomic E-state index is -4.45. The number of nitrogens with zero attached hydrogens (tertiary/aromatic N) is 1. The molecule has 0 saturated heterocycles. The monoisotopic (exact) mass is 465 g/mol. The predicted octanol–water partition coefficient (Wildman–Crippen LogP) is 6.38. The van der Waals surface area contributed by atoms with Crippen LogP contribution in [0.1, 0.15) is 38.0 Å². The largest absolute Gasteiger partial charge is 0.460 e. The first-order valence-corrected chi connectivity index (χ1v) is 11.0. The molecule has 8 heteroatoms. The lowest BCUT2D eigenvalue weighted by molar-refractivity contribution is -0.137. The molecule has 1 atom stereocenters. The second-order valence-electron chi connectivity index (χ2n) is 7.30. The van der Waals surface area contributed by atoms with Crippen LogP contribution >= 0.6 is 22.9 Å². The van der Waals surface area contributed by atoms with Gasteiger partial charge in [-0.2, -0.15) is 13.2 Å². The number of carbonyl (C=O) groups excluding carboxylic acids is 1. The van der Waals surface area contributed by atoms with Crippen molar-refractivity contribution in [3.63, 3.8) is 0 Å². The summed E-state index contributed by atoms with van der Waals surface area (Å²) in [5, 5.41) is 2.65. The Morgan fingerprint density at radius 1 is 1.13 bits per heavy atom. The third kappa shape index (κ3) is 4.95. The Kier molecular flexibility index (Phi) is 6.36. The molecule has 162 valence electrons. The zero-order valence-electron chi connectivity index (χ0n) is 16.4. The molecule has 0 N–H and O–H groups in total. The maximum atomic E-state index is 12.8. The number of halogens is 4. The van der Waals surface area contributed by atoms with Crippen LogP contribution in [-0.4, -0.2) is 24.0 Å². The first kappa shape index (κ1) is 21.9. The van der Waals surface area contributed by atoms with E-state index >= 15 is 0 Å². The summed E-state index contributed by atoms with van der Waals surface area (Å²) in [6.45, 7) is 1.56. The third-order valence-electron chi connectivity index (χ3n) is 5.38. The number of carbonyl (C=O) groups is 1. The van der Waals surface area contributed by atoms with Crippen molar-refractivity contribution in [3.05, 3.63) is 92.1 Å². The molecule has 1 aliphatic rings. The van der Waals surface area contributed by atoms with Crippen molar-refractivity contribution < 1.29 is 22.7 Å². The predicted molar refractivity (Wildman–Crippen MR) is 114 cm³/mol. The quantitative estimate of drug-likeness (QED) is 0.410. The van der Waals surface area contributed by atoms with E-state index in [0.717, 1.165) is 49.3 Å². The number of ether oxygens (including phenoxy) is 1. The van der Waals surface area contributed by atoms with Crippen LogP contribution in [-0.2, 0) is 23.9 Å². The van der Waals surface area contributed by atoms with Crippen LogP contribution < -0.4 is 0 Å². The molecule has 2 heterocycles. The minimum absolute atomic E-state index is 0.0459. The Labute approximate surface area is 187 Å². The van der Waals surface area contributed by atoms with E-state index in [1.165, 1.54) is 10.4 Å². The zero-order valence-corrected chi connectivity index (χ0v) is 17.9. The van der Waals surface area contributed by atoms with Crippen molar-refractivity contribution in [3.8, 4) is 0 Å². The maximum absolute atomic E-state index is 12.8. The topological polar surface area (TPSA) is 29.5 Å². The van der Waals surface area contributed by atoms with Gasteiger partial charge in [-0.05, 0) is 59.3 Å². The average molecular weight is 466 g/mol. The lowest BCUT2D eigenvalue weighted by atomic mass is 10.0. The number of benzene rings is 2. The molecule has 3 aromatic rings. The second kappa shape index (κ2) is 9.02. The Morgan fingerprint density at radius 3 is 2.58 bits per heavy atom. The molecule has 0 fully saturated rings. The van der Waals surface area contributed by atoms with Gasteiger partial charge in [0, 0.05) is 23.0 Å². The van der Waals surface area contributed by atoms with Gasteiger partial charge in [0.2, 0.25) is 0 Å². The molecular formula is C23H19ClF3NO2S. The molecule has 2 aromatic carbocycles. The Morgan fingerprint density at radius 2 is 1.87 bits per heavy atom. The van der Waals surface area contributed by atoms with Crippen LogP contribution in [0.3, 0.4) is 0 Å². The van der Waals surface area contributed by atoms with Crippen LogP contribution in [0.2, 0.25) is 5.02 Å². The van der Waals surface area contributed by atoms with Gasteiger partial charge in [0.1, 0.15) is 6.61 Å². The van der Waals surface area contributed by atoms with Crippen molar-refractivity contribution in [1.82, 2.24) is 4.90 Å². The molecule has 0 saturated carbocycles. The molecule has 0 radical (unpaired) electrons. The lowest BCUT2D eigenvalue weighted by Gasteiger charge is -2.34. The number of hydrogen-bond donors (Lipinski definition) is 0. The van der Waals surface area contributed by atoms with E-state index in [1.807, 2.05) is 18.2 Å². The van der Waals surface area contributed by atoms with Crippen LogP contribution in [0.4, 0.5) is 13.2 Å². The first-order valence-electron chi connectivity index (χ1n) is 9.71. The fraction of sp³-hybridized carbons (Fsp3) is 0.261. The molecule has 0 aliphatic carbocycles. The van der Waals surface area contributed by atoms with Gasteiger partial charge in [0.05, 0.1) is 17.2 Å². The highest BCUT2D eigenvalue weighted by molar-refractivity contribution is 7.10. The van der Waals surface area contributed by atoms with Gasteiger partial charge in [0.25, 0.3) is 0 Å². The summed E-state index contributed by atoms with van der Waals surface area (Å²) >= 11 is 8.13. The summed E-state index contributed by atoms with van der Waals surface area (Å²) in [4.78, 5) is 16.0. The van der Waals surface area contributed by atoms with E-state index in [2.05, 4.69) is 16.3 Å². The molecule has 3 nitrogen and oxygen atoms in total. The first-order chi connectivity index (χ1) is 14.8. The van der Waals surface area contributed by atoms with Gasteiger partial charge in [-0.1, -0.05) is 29.8 Å². The standard InChI is InChI=1S/C23H19ClF3NO2S/c24-19-4-2-1-3-18(19)20(28-11-9-15-10-12-31-21(15)13-28)14-30-22(29)16-5-7-17(8-6-16)23(25,26)27/h1-8,10,12,20H,9,11,13-14H2. The lowest BCUT2D eigenvalue weighted by Crippen LogP contribution is -2.36. The van der Waals surface area contributed by atoms with Gasteiger partial charge in [0.15, 0.2) is 0 Å². The van der Waals surface area contributed by atoms with Crippen LogP contribution in [0.5, 0.6) is 0 Å². The van der Waals surface area contributed by atoms with E-state index < -0.39 is 17.7 Å². The summed E-state index contributed by atoms with van der Waals surface area (Å²) in [6.07, 6.45) is -3.56. The van der Waals surface area contributed by atoms with E-state index in [0.29, 0.717) is 5.02 Å². The van der Waals surface area contributed by atoms with Crippen molar-refractivity contribution in [2.45, 2.75) is 25.2 Å². The van der Waals surface area contributed by atoms with Gasteiger partial charge in [-0.25, -0.2) is 4.79 Å². The van der Waals surface area contributed by atoms with Crippen molar-refractivity contribution >= 4 is 28.9 Å². The van der Waals surface area contributed by atoms with E-state index in [1.54, 1.807) is 17.4 Å². The van der Waals surface area contributed by atoms with Crippen molar-refractivity contribution in [2.75, 3.05) is 13.2 Å². The van der Waals surface area contributed by atoms with Gasteiger partial charge < -0.3 is 4.74 Å².